The van der Waals surface area contributed by atoms with Crippen LogP contribution in [0.4, 0.5) is 0 Å². The molecule has 1 amide bonds. The lowest BCUT2D eigenvalue weighted by atomic mass is 10.1. The van der Waals surface area contributed by atoms with Gasteiger partial charge in [-0.1, -0.05) is 48.4 Å². The summed E-state index contributed by atoms with van der Waals surface area (Å²) < 4.78 is 13.3. The Morgan fingerprint density at radius 1 is 1.00 bits per heavy atom. The molecule has 4 aromatic rings. The van der Waals surface area contributed by atoms with E-state index in [1.54, 1.807) is 19.2 Å². The van der Waals surface area contributed by atoms with Crippen LogP contribution in [0.2, 0.25) is 5.02 Å². The molecule has 0 fully saturated rings. The van der Waals surface area contributed by atoms with Gasteiger partial charge in [0.2, 0.25) is 0 Å². The van der Waals surface area contributed by atoms with Gasteiger partial charge in [-0.05, 0) is 55.3 Å². The lowest BCUT2D eigenvalue weighted by Crippen LogP contribution is -2.24. The zero-order valence-corrected chi connectivity index (χ0v) is 20.6. The molecule has 35 heavy (non-hydrogen) atoms. The number of rotatable bonds is 12. The molecule has 0 bridgehead atoms. The molecule has 1 aromatic heterocycles. The van der Waals surface area contributed by atoms with Gasteiger partial charge in [0, 0.05) is 18.5 Å². The van der Waals surface area contributed by atoms with Gasteiger partial charge in [0.05, 0.1) is 29.7 Å². The summed E-state index contributed by atoms with van der Waals surface area (Å²) in [7, 11) is 1.59. The number of unbranched alkanes of at least 4 members (excludes halogenated alkanes) is 2. The lowest BCUT2D eigenvalue weighted by molar-refractivity contribution is 0.0952. The Balaban J connectivity index is 1.27. The first-order chi connectivity index (χ1) is 17.2. The Bertz CT molecular complexity index is 1270. The van der Waals surface area contributed by atoms with Crippen LogP contribution in [0.5, 0.6) is 11.5 Å². The molecule has 1 heterocycles. The Morgan fingerprint density at radius 3 is 2.69 bits per heavy atom. The van der Waals surface area contributed by atoms with E-state index in [9.17, 15) is 4.79 Å². The highest BCUT2D eigenvalue weighted by Gasteiger charge is 2.11. The van der Waals surface area contributed by atoms with Crippen molar-refractivity contribution >= 4 is 28.5 Å². The molecule has 3 aromatic carbocycles. The van der Waals surface area contributed by atoms with E-state index in [2.05, 4.69) is 16.0 Å². The van der Waals surface area contributed by atoms with Crippen molar-refractivity contribution in [1.29, 1.82) is 0 Å². The van der Waals surface area contributed by atoms with Crippen LogP contribution in [0.15, 0.2) is 72.8 Å². The van der Waals surface area contributed by atoms with Gasteiger partial charge in [-0.3, -0.25) is 4.79 Å². The minimum atomic E-state index is -0.0794. The van der Waals surface area contributed by atoms with Crippen LogP contribution >= 0.6 is 11.6 Å². The summed E-state index contributed by atoms with van der Waals surface area (Å²) in [4.78, 5) is 17.2. The summed E-state index contributed by atoms with van der Waals surface area (Å²) in [5.74, 6) is 2.34. The van der Waals surface area contributed by atoms with Crippen LogP contribution in [-0.4, -0.2) is 35.7 Å². The Morgan fingerprint density at radius 2 is 1.83 bits per heavy atom. The van der Waals surface area contributed by atoms with E-state index >= 15 is 0 Å². The summed E-state index contributed by atoms with van der Waals surface area (Å²) >= 11 is 6.21. The van der Waals surface area contributed by atoms with Crippen LogP contribution in [-0.2, 0) is 13.0 Å². The van der Waals surface area contributed by atoms with Crippen molar-refractivity contribution in [2.24, 2.45) is 0 Å². The maximum Gasteiger partial charge on any atom is 0.251 e. The molecule has 182 valence electrons. The van der Waals surface area contributed by atoms with Crippen molar-refractivity contribution < 1.29 is 14.3 Å². The fraction of sp³-hybridized carbons (Fsp3) is 0.286. The first-order valence-corrected chi connectivity index (χ1v) is 12.3. The molecule has 0 spiro atoms. The first kappa shape index (κ1) is 24.6. The van der Waals surface area contributed by atoms with E-state index < -0.39 is 0 Å². The van der Waals surface area contributed by atoms with Gasteiger partial charge >= 0.3 is 0 Å². The van der Waals surface area contributed by atoms with E-state index in [1.807, 2.05) is 54.6 Å². The monoisotopic (exact) mass is 491 g/mol. The van der Waals surface area contributed by atoms with Crippen molar-refractivity contribution in [3.05, 3.63) is 89.2 Å². The average Bonchev–Trinajstić information content (AvgIpc) is 3.24. The summed E-state index contributed by atoms with van der Waals surface area (Å²) in [5, 5.41) is 3.60. The van der Waals surface area contributed by atoms with Gasteiger partial charge in [0.15, 0.2) is 0 Å². The van der Waals surface area contributed by atoms with Crippen molar-refractivity contribution in [2.75, 3.05) is 20.3 Å². The number of methoxy groups -OCH3 is 1. The normalized spacial score (nSPS) is 10.9. The largest absolute Gasteiger partial charge is 0.497 e. The number of hydrogen-bond acceptors (Lipinski definition) is 4. The SMILES string of the molecule is COc1cccc(C(=O)NCCCCCc2nc3ccccc3n2CCOc2ccccc2Cl)c1. The fourth-order valence-corrected chi connectivity index (χ4v) is 4.22. The smallest absolute Gasteiger partial charge is 0.251 e. The molecular weight excluding hydrogens is 462 g/mol. The lowest BCUT2D eigenvalue weighted by Gasteiger charge is -2.12. The van der Waals surface area contributed by atoms with Crippen LogP contribution in [0, 0.1) is 0 Å². The molecule has 0 radical (unpaired) electrons. The molecule has 6 nitrogen and oxygen atoms in total. The molecule has 7 heteroatoms. The third kappa shape index (κ3) is 6.55. The van der Waals surface area contributed by atoms with E-state index in [1.165, 1.54) is 0 Å². The second kappa shape index (κ2) is 12.3. The number of amides is 1. The molecule has 1 N–H and O–H groups in total. The van der Waals surface area contributed by atoms with Gasteiger partial charge in [0.25, 0.3) is 5.91 Å². The van der Waals surface area contributed by atoms with Crippen LogP contribution in [0.25, 0.3) is 11.0 Å². The number of nitrogens with zero attached hydrogens (tertiary/aromatic N) is 2. The molecule has 4 rings (SSSR count). The topological polar surface area (TPSA) is 65.4 Å². The number of carbonyl (C=O) groups is 1. The number of imidazole rings is 1. The molecule has 0 aliphatic carbocycles. The molecule has 0 aliphatic heterocycles. The number of ether oxygens (including phenoxy) is 2. The highest BCUT2D eigenvalue weighted by atomic mass is 35.5. The van der Waals surface area contributed by atoms with E-state index in [0.717, 1.165) is 42.5 Å². The van der Waals surface area contributed by atoms with Gasteiger partial charge in [-0.15, -0.1) is 0 Å². The number of hydrogen-bond donors (Lipinski definition) is 1. The Labute approximate surface area is 210 Å². The second-order valence-corrected chi connectivity index (χ2v) is 8.65. The van der Waals surface area contributed by atoms with Crippen molar-refractivity contribution in [2.45, 2.75) is 32.2 Å². The van der Waals surface area contributed by atoms with Crippen LogP contribution in [0.3, 0.4) is 0 Å². The van der Waals surface area contributed by atoms with E-state index in [0.29, 0.717) is 41.8 Å². The minimum absolute atomic E-state index is 0.0794. The molecule has 0 saturated heterocycles. The van der Waals surface area contributed by atoms with Crippen LogP contribution < -0.4 is 14.8 Å². The number of fused-ring (bicyclic) bond motifs is 1. The minimum Gasteiger partial charge on any atom is -0.497 e. The van der Waals surface area contributed by atoms with Gasteiger partial charge in [0.1, 0.15) is 23.9 Å². The number of nitrogens with one attached hydrogen (secondary N) is 1. The highest BCUT2D eigenvalue weighted by Crippen LogP contribution is 2.24. The van der Waals surface area contributed by atoms with Crippen LogP contribution in [0.1, 0.15) is 35.4 Å². The predicted octanol–water partition coefficient (Wildman–Crippen LogP) is 5.92. The summed E-state index contributed by atoms with van der Waals surface area (Å²) in [6, 6.07) is 22.9. The predicted molar refractivity (Wildman–Crippen MR) is 140 cm³/mol. The van der Waals surface area contributed by atoms with Crippen molar-refractivity contribution in [1.82, 2.24) is 14.9 Å². The first-order valence-electron chi connectivity index (χ1n) is 11.9. The van der Waals surface area contributed by atoms with Crippen molar-refractivity contribution in [3.63, 3.8) is 0 Å². The molecule has 0 saturated carbocycles. The number of aromatic nitrogens is 2. The zero-order chi connectivity index (χ0) is 24.5. The summed E-state index contributed by atoms with van der Waals surface area (Å²) in [6.07, 6.45) is 3.76. The van der Waals surface area contributed by atoms with E-state index in [4.69, 9.17) is 26.1 Å². The summed E-state index contributed by atoms with van der Waals surface area (Å²) in [6.45, 7) is 1.84. The number of aryl methyl sites for hydroxylation is 1. The zero-order valence-electron chi connectivity index (χ0n) is 19.9. The Hall–Kier alpha value is -3.51. The number of para-hydroxylation sites is 3. The summed E-state index contributed by atoms with van der Waals surface area (Å²) in [5.41, 5.74) is 2.71. The highest BCUT2D eigenvalue weighted by molar-refractivity contribution is 6.32. The standard InChI is InChI=1S/C28H30ClN3O3/c1-34-22-11-9-10-21(20-22)28(33)30-17-8-2-3-16-27-31-24-13-5-6-14-25(24)32(27)18-19-35-26-15-7-4-12-23(26)29/h4-7,9-15,20H,2-3,8,16-19H2,1H3,(H,30,33). The average molecular weight is 492 g/mol. The third-order valence-corrected chi connectivity index (χ3v) is 6.15. The quantitative estimate of drug-likeness (QED) is 0.250. The molecule has 0 unspecified atom stereocenters. The molecule has 0 aliphatic rings. The maximum absolute atomic E-state index is 12.3. The van der Waals surface area contributed by atoms with Gasteiger partial charge in [-0.2, -0.15) is 0 Å². The van der Waals surface area contributed by atoms with Crippen molar-refractivity contribution in [3.8, 4) is 11.5 Å². The van der Waals surface area contributed by atoms with Gasteiger partial charge < -0.3 is 19.4 Å². The second-order valence-electron chi connectivity index (χ2n) is 8.25. The number of benzene rings is 3. The number of halogens is 1. The van der Waals surface area contributed by atoms with E-state index in [-0.39, 0.29) is 5.91 Å². The molecular formula is C28H30ClN3O3. The Kier molecular flexibility index (Phi) is 8.63. The maximum atomic E-state index is 12.3. The fourth-order valence-electron chi connectivity index (χ4n) is 4.03. The number of carbonyl (C=O) groups excluding carboxylic acids is 1. The third-order valence-electron chi connectivity index (χ3n) is 5.84. The molecule has 0 atom stereocenters. The van der Waals surface area contributed by atoms with Gasteiger partial charge in [-0.25, -0.2) is 4.98 Å².